The number of hydrogen-bond acceptors (Lipinski definition) is 5. The monoisotopic (exact) mass is 509 g/mol. The molecule has 1 unspecified atom stereocenters. The first-order chi connectivity index (χ1) is 17.3. The van der Waals surface area contributed by atoms with Crippen LogP contribution in [0.5, 0.6) is 5.75 Å². The van der Waals surface area contributed by atoms with Crippen LogP contribution in [0, 0.1) is 11.8 Å². The number of hydrogen-bond donors (Lipinski definition) is 1. The van der Waals surface area contributed by atoms with Crippen LogP contribution in [0.3, 0.4) is 0 Å². The molecule has 0 amide bonds. The predicted octanol–water partition coefficient (Wildman–Crippen LogP) is 5.66. The van der Waals surface area contributed by atoms with Crippen LogP contribution in [-0.2, 0) is 21.4 Å². The maximum atomic E-state index is 11.8. The summed E-state index contributed by atoms with van der Waals surface area (Å²) in [4.78, 5) is 25.8. The summed E-state index contributed by atoms with van der Waals surface area (Å²) >= 11 is 6.33. The number of rotatable bonds is 6. The first-order valence-electron chi connectivity index (χ1n) is 12.6. The van der Waals surface area contributed by atoms with Crippen molar-refractivity contribution in [1.29, 1.82) is 0 Å². The largest absolute Gasteiger partial charge is 0.490 e. The van der Waals surface area contributed by atoms with E-state index in [1.54, 1.807) is 24.3 Å². The number of fused-ring (bicyclic) bond motifs is 3. The molecule has 1 saturated carbocycles. The molecule has 5 rings (SSSR count). The molecule has 6 nitrogen and oxygen atoms in total. The van der Waals surface area contributed by atoms with Gasteiger partial charge in [-0.15, -0.1) is 0 Å². The lowest BCUT2D eigenvalue weighted by atomic mass is 9.68. The Bertz CT molecular complexity index is 1200. The lowest BCUT2D eigenvalue weighted by molar-refractivity contribution is -0.149. The fraction of sp³-hybridized carbons (Fsp3) is 0.448. The quantitative estimate of drug-likeness (QED) is 0.400. The van der Waals surface area contributed by atoms with E-state index in [2.05, 4.69) is 23.6 Å². The van der Waals surface area contributed by atoms with Crippen LogP contribution in [0.1, 0.15) is 54.1 Å². The molecule has 4 atom stereocenters. The number of carbonyl (C=O) groups excluding carboxylic acids is 1. The van der Waals surface area contributed by atoms with E-state index in [0.717, 1.165) is 49.4 Å². The summed E-state index contributed by atoms with van der Waals surface area (Å²) in [5.74, 6) is -0.0830. The second-order valence-electron chi connectivity index (χ2n) is 10.4. The average Bonchev–Trinajstić information content (AvgIpc) is 2.98. The summed E-state index contributed by atoms with van der Waals surface area (Å²) in [6.45, 7) is 7.28. The van der Waals surface area contributed by atoms with Crippen LogP contribution in [0.2, 0.25) is 5.02 Å². The topological polar surface area (TPSA) is 76.1 Å². The Kier molecular flexibility index (Phi) is 6.73. The third kappa shape index (κ3) is 4.59. The number of benzene rings is 2. The van der Waals surface area contributed by atoms with E-state index in [-0.39, 0.29) is 34.9 Å². The van der Waals surface area contributed by atoms with Crippen LogP contribution in [0.25, 0.3) is 0 Å². The van der Waals surface area contributed by atoms with Gasteiger partial charge in [-0.2, -0.15) is 0 Å². The van der Waals surface area contributed by atoms with E-state index in [0.29, 0.717) is 18.9 Å². The zero-order valence-corrected chi connectivity index (χ0v) is 21.3. The summed E-state index contributed by atoms with van der Waals surface area (Å²) in [6, 6.07) is 11.3. The van der Waals surface area contributed by atoms with Crippen molar-refractivity contribution < 1.29 is 24.2 Å². The van der Waals surface area contributed by atoms with E-state index in [1.807, 2.05) is 6.07 Å². The minimum absolute atomic E-state index is 0.190. The second-order valence-corrected chi connectivity index (χ2v) is 10.8. The molecule has 1 aliphatic heterocycles. The highest BCUT2D eigenvalue weighted by Crippen LogP contribution is 2.46. The standard InChI is InChI=1S/C29H32ClNO5/c1-3-26(36-18(2)32)23-9-6-21(23)15-31-16-29(12-4-5-19-13-22(30)8-10-24(19)29)17-35-27-11-7-20(28(33)34)14-25(27)31/h3,7-8,10-11,13-14,21,23,26H,1,4-6,9,12,15-17H2,2H3,(H,33,34)/t21-,23+,26?,29-/m0/s1. The Balaban J connectivity index is 1.51. The van der Waals surface area contributed by atoms with Crippen LogP contribution in [0.15, 0.2) is 49.1 Å². The van der Waals surface area contributed by atoms with Gasteiger partial charge in [-0.25, -0.2) is 4.79 Å². The lowest BCUT2D eigenvalue weighted by Crippen LogP contribution is -2.49. The van der Waals surface area contributed by atoms with Gasteiger partial charge in [-0.3, -0.25) is 4.79 Å². The molecule has 7 heteroatoms. The first kappa shape index (κ1) is 24.7. The van der Waals surface area contributed by atoms with E-state index in [9.17, 15) is 14.7 Å². The Morgan fingerprint density at radius 3 is 2.83 bits per heavy atom. The van der Waals surface area contributed by atoms with Crippen molar-refractivity contribution in [3.05, 3.63) is 70.8 Å². The van der Waals surface area contributed by atoms with Crippen molar-refractivity contribution in [1.82, 2.24) is 0 Å². The van der Waals surface area contributed by atoms with Gasteiger partial charge >= 0.3 is 11.9 Å². The predicted molar refractivity (Wildman–Crippen MR) is 139 cm³/mol. The fourth-order valence-corrected chi connectivity index (χ4v) is 6.48. The number of aryl methyl sites for hydroxylation is 1. The van der Waals surface area contributed by atoms with Crippen molar-refractivity contribution >= 4 is 29.2 Å². The summed E-state index contributed by atoms with van der Waals surface area (Å²) in [5, 5.41) is 10.4. The number of esters is 1. The molecule has 0 radical (unpaired) electrons. The summed E-state index contributed by atoms with van der Waals surface area (Å²) in [6.07, 6.45) is 6.40. The Labute approximate surface area is 216 Å². The Morgan fingerprint density at radius 2 is 2.14 bits per heavy atom. The van der Waals surface area contributed by atoms with Crippen molar-refractivity contribution in [3.8, 4) is 5.75 Å². The number of aromatic carboxylic acids is 1. The van der Waals surface area contributed by atoms with Crippen LogP contribution < -0.4 is 9.64 Å². The van der Waals surface area contributed by atoms with E-state index in [1.165, 1.54) is 18.1 Å². The molecular weight excluding hydrogens is 478 g/mol. The molecule has 0 saturated heterocycles. The van der Waals surface area contributed by atoms with Crippen LogP contribution in [0.4, 0.5) is 5.69 Å². The third-order valence-corrected chi connectivity index (χ3v) is 8.41. The first-order valence-corrected chi connectivity index (χ1v) is 13.0. The Hall–Kier alpha value is -2.99. The highest BCUT2D eigenvalue weighted by molar-refractivity contribution is 6.30. The van der Waals surface area contributed by atoms with Crippen LogP contribution >= 0.6 is 11.6 Å². The molecule has 2 aromatic rings. The zero-order valence-electron chi connectivity index (χ0n) is 20.5. The number of nitrogens with zero attached hydrogens (tertiary/aromatic N) is 1. The molecule has 1 heterocycles. The van der Waals surface area contributed by atoms with Gasteiger partial charge in [0.1, 0.15) is 11.9 Å². The molecule has 1 spiro atoms. The summed E-state index contributed by atoms with van der Waals surface area (Å²) in [5.41, 5.74) is 3.35. The SMILES string of the molecule is C=CC(OC(C)=O)[C@@H]1CC[C@H]1CN1C[C@@]2(CCCc3cc(Cl)ccc32)COc2ccc(C(=O)O)cc21. The molecule has 0 bridgehead atoms. The van der Waals surface area contributed by atoms with Gasteiger partial charge in [-0.05, 0) is 79.5 Å². The number of carboxylic acids is 1. The molecular formula is C29H32ClNO5. The second kappa shape index (κ2) is 9.81. The maximum Gasteiger partial charge on any atom is 0.335 e. The maximum absolute atomic E-state index is 11.8. The molecule has 36 heavy (non-hydrogen) atoms. The highest BCUT2D eigenvalue weighted by Gasteiger charge is 2.44. The van der Waals surface area contributed by atoms with Gasteiger partial charge in [-0.1, -0.05) is 30.3 Å². The molecule has 190 valence electrons. The van der Waals surface area contributed by atoms with E-state index in [4.69, 9.17) is 21.1 Å². The van der Waals surface area contributed by atoms with Crippen molar-refractivity contribution in [3.63, 3.8) is 0 Å². The zero-order chi connectivity index (χ0) is 25.4. The molecule has 3 aliphatic rings. The lowest BCUT2D eigenvalue weighted by Gasteiger charge is -2.45. The fourth-order valence-electron chi connectivity index (χ4n) is 6.29. The Morgan fingerprint density at radius 1 is 1.31 bits per heavy atom. The van der Waals surface area contributed by atoms with Gasteiger partial charge in [0, 0.05) is 36.4 Å². The van der Waals surface area contributed by atoms with E-state index >= 15 is 0 Å². The molecule has 1 fully saturated rings. The molecule has 1 N–H and O–H groups in total. The number of carboxylic acid groups (broad SMARTS) is 1. The number of halogens is 1. The smallest absolute Gasteiger partial charge is 0.335 e. The van der Waals surface area contributed by atoms with E-state index < -0.39 is 5.97 Å². The number of ether oxygens (including phenoxy) is 2. The number of carbonyl (C=O) groups is 2. The van der Waals surface area contributed by atoms with Gasteiger partial charge in [0.25, 0.3) is 0 Å². The summed E-state index contributed by atoms with van der Waals surface area (Å²) < 4.78 is 12.0. The van der Waals surface area contributed by atoms with Gasteiger partial charge in [0.15, 0.2) is 0 Å². The summed E-state index contributed by atoms with van der Waals surface area (Å²) in [7, 11) is 0. The van der Waals surface area contributed by atoms with Gasteiger partial charge < -0.3 is 19.5 Å². The minimum Gasteiger partial charge on any atom is -0.490 e. The number of anilines is 1. The van der Waals surface area contributed by atoms with Crippen molar-refractivity contribution in [2.45, 2.75) is 50.5 Å². The molecule has 2 aromatic carbocycles. The third-order valence-electron chi connectivity index (χ3n) is 8.17. The van der Waals surface area contributed by atoms with Crippen LogP contribution in [-0.4, -0.2) is 42.8 Å². The minimum atomic E-state index is -0.961. The van der Waals surface area contributed by atoms with Crippen molar-refractivity contribution in [2.24, 2.45) is 11.8 Å². The molecule has 2 aliphatic carbocycles. The van der Waals surface area contributed by atoms with Gasteiger partial charge in [0.05, 0.1) is 17.9 Å². The van der Waals surface area contributed by atoms with Crippen molar-refractivity contribution in [2.75, 3.05) is 24.6 Å². The average molecular weight is 510 g/mol. The normalized spacial score (nSPS) is 25.4. The highest BCUT2D eigenvalue weighted by atomic mass is 35.5. The molecule has 0 aromatic heterocycles. The van der Waals surface area contributed by atoms with Gasteiger partial charge in [0.2, 0.25) is 0 Å².